The Hall–Kier alpha value is -2.24. The molecule has 0 saturated carbocycles. The Morgan fingerprint density at radius 1 is 1.50 bits per heavy atom. The number of rotatable bonds is 7. The molecule has 2 rings (SSSR count). The van der Waals surface area contributed by atoms with E-state index in [2.05, 4.69) is 22.0 Å². The molecule has 1 aromatic rings. The van der Waals surface area contributed by atoms with Crippen LogP contribution in [0.15, 0.2) is 28.2 Å². The number of halogens is 1. The molecule has 0 radical (unpaired) electrons. The molecule has 0 spiro atoms. The first-order valence-corrected chi connectivity index (χ1v) is 9.07. The maximum Gasteiger partial charge on any atom is 0.303 e. The Morgan fingerprint density at radius 3 is 2.77 bits per heavy atom. The number of ether oxygens (including phenoxy) is 1. The van der Waals surface area contributed by atoms with Crippen LogP contribution in [0.1, 0.15) is 31.2 Å². The van der Waals surface area contributed by atoms with Crippen LogP contribution in [-0.2, 0) is 9.53 Å². The van der Waals surface area contributed by atoms with Gasteiger partial charge < -0.3 is 9.84 Å². The third kappa shape index (κ3) is 5.38. The lowest BCUT2D eigenvalue weighted by Gasteiger charge is -2.30. The largest absolute Gasteiger partial charge is 0.481 e. The van der Waals surface area contributed by atoms with Crippen LogP contribution in [0.3, 0.4) is 0 Å². The first-order chi connectivity index (χ1) is 12.4. The highest BCUT2D eigenvalue weighted by Gasteiger charge is 2.28. The second kappa shape index (κ2) is 9.46. The molecule has 1 heterocycles. The standard InChI is InChI=1S/C18H19BrN2O5/c19-15-1-3-17(21(24)25)13(10-15)9-14(11-20)16(2-4-18(22)23)12-5-7-26-8-6-12/h1,3,9-10,12,16H,2,4-8H2,(H,22,23). The van der Waals surface area contributed by atoms with E-state index in [1.807, 2.05) is 0 Å². The van der Waals surface area contributed by atoms with E-state index >= 15 is 0 Å². The quantitative estimate of drug-likeness (QED) is 0.400. The number of nitriles is 1. The van der Waals surface area contributed by atoms with Crippen LogP contribution in [0.4, 0.5) is 5.69 Å². The Labute approximate surface area is 159 Å². The summed E-state index contributed by atoms with van der Waals surface area (Å²) in [5.41, 5.74) is 0.609. The molecule has 1 saturated heterocycles. The van der Waals surface area contributed by atoms with Gasteiger partial charge in [-0.25, -0.2) is 0 Å². The number of nitrogens with zero attached hydrogens (tertiary/aromatic N) is 2. The minimum absolute atomic E-state index is 0.0539. The summed E-state index contributed by atoms with van der Waals surface area (Å²) >= 11 is 3.29. The monoisotopic (exact) mass is 422 g/mol. The summed E-state index contributed by atoms with van der Waals surface area (Å²) in [6.07, 6.45) is 3.27. The number of nitro groups is 1. The van der Waals surface area contributed by atoms with Crippen molar-refractivity contribution in [1.29, 1.82) is 5.26 Å². The Kier molecular flexibility index (Phi) is 7.30. The van der Waals surface area contributed by atoms with Gasteiger partial charge in [0.25, 0.3) is 5.69 Å². The molecule has 0 bridgehead atoms. The molecular formula is C18H19BrN2O5. The van der Waals surface area contributed by atoms with Crippen molar-refractivity contribution in [3.63, 3.8) is 0 Å². The number of allylic oxidation sites excluding steroid dienone is 1. The maximum atomic E-state index is 11.3. The fourth-order valence-corrected chi connectivity index (χ4v) is 3.62. The maximum absolute atomic E-state index is 11.3. The minimum atomic E-state index is -0.923. The predicted molar refractivity (Wildman–Crippen MR) is 98.3 cm³/mol. The molecule has 1 aliphatic rings. The molecule has 0 amide bonds. The molecule has 1 N–H and O–H groups in total. The van der Waals surface area contributed by atoms with Gasteiger partial charge in [-0.3, -0.25) is 14.9 Å². The topological polar surface area (TPSA) is 113 Å². The number of aliphatic carboxylic acids is 1. The second-order valence-corrected chi connectivity index (χ2v) is 7.08. The number of nitro benzene ring substituents is 1. The molecular weight excluding hydrogens is 404 g/mol. The molecule has 1 unspecified atom stereocenters. The average molecular weight is 423 g/mol. The number of carboxylic acid groups (broad SMARTS) is 1. The molecule has 138 valence electrons. The predicted octanol–water partition coefficient (Wildman–Crippen LogP) is 4.17. The minimum Gasteiger partial charge on any atom is -0.481 e. The van der Waals surface area contributed by atoms with Gasteiger partial charge in [-0.1, -0.05) is 15.9 Å². The van der Waals surface area contributed by atoms with Gasteiger partial charge in [-0.15, -0.1) is 0 Å². The molecule has 1 aliphatic heterocycles. The Morgan fingerprint density at radius 2 is 2.19 bits per heavy atom. The summed E-state index contributed by atoms with van der Waals surface area (Å²) in [6, 6.07) is 6.69. The number of hydrogen-bond acceptors (Lipinski definition) is 5. The van der Waals surface area contributed by atoms with Crippen molar-refractivity contribution in [2.45, 2.75) is 25.7 Å². The highest BCUT2D eigenvalue weighted by molar-refractivity contribution is 9.10. The van der Waals surface area contributed by atoms with Gasteiger partial charge in [-0.2, -0.15) is 5.26 Å². The average Bonchev–Trinajstić information content (AvgIpc) is 2.61. The van der Waals surface area contributed by atoms with Crippen LogP contribution < -0.4 is 0 Å². The van der Waals surface area contributed by atoms with E-state index in [1.165, 1.54) is 12.1 Å². The van der Waals surface area contributed by atoms with Gasteiger partial charge >= 0.3 is 5.97 Å². The molecule has 0 aliphatic carbocycles. The third-order valence-corrected chi connectivity index (χ3v) is 5.02. The van der Waals surface area contributed by atoms with Crippen molar-refractivity contribution >= 4 is 33.7 Å². The van der Waals surface area contributed by atoms with Crippen molar-refractivity contribution in [2.75, 3.05) is 13.2 Å². The van der Waals surface area contributed by atoms with Crippen LogP contribution in [0.2, 0.25) is 0 Å². The van der Waals surface area contributed by atoms with Crippen molar-refractivity contribution in [1.82, 2.24) is 0 Å². The highest BCUT2D eigenvalue weighted by atomic mass is 79.9. The van der Waals surface area contributed by atoms with Crippen molar-refractivity contribution in [3.8, 4) is 6.07 Å². The third-order valence-electron chi connectivity index (χ3n) is 4.53. The zero-order valence-corrected chi connectivity index (χ0v) is 15.6. The Bertz CT molecular complexity index is 750. The van der Waals surface area contributed by atoms with Crippen molar-refractivity contribution in [2.24, 2.45) is 11.8 Å². The van der Waals surface area contributed by atoms with E-state index in [0.717, 1.165) is 12.8 Å². The second-order valence-electron chi connectivity index (χ2n) is 6.16. The van der Waals surface area contributed by atoms with Crippen molar-refractivity contribution in [3.05, 3.63) is 43.9 Å². The summed E-state index contributed by atoms with van der Waals surface area (Å²) in [5.74, 6) is -1.06. The summed E-state index contributed by atoms with van der Waals surface area (Å²) < 4.78 is 6.03. The Balaban J connectivity index is 2.41. The van der Waals surface area contributed by atoms with Gasteiger partial charge in [0, 0.05) is 35.7 Å². The van der Waals surface area contributed by atoms with Crippen LogP contribution in [0.5, 0.6) is 0 Å². The normalized spacial score (nSPS) is 16.7. The van der Waals surface area contributed by atoms with Gasteiger partial charge in [0.2, 0.25) is 0 Å². The zero-order chi connectivity index (χ0) is 19.1. The highest BCUT2D eigenvalue weighted by Crippen LogP contribution is 2.35. The van der Waals surface area contributed by atoms with Gasteiger partial charge in [-0.05, 0) is 49.3 Å². The smallest absolute Gasteiger partial charge is 0.303 e. The van der Waals surface area contributed by atoms with Gasteiger partial charge in [0.1, 0.15) is 0 Å². The van der Waals surface area contributed by atoms with Crippen LogP contribution in [-0.4, -0.2) is 29.2 Å². The summed E-state index contributed by atoms with van der Waals surface area (Å²) in [5, 5.41) is 30.0. The van der Waals surface area contributed by atoms with Gasteiger partial charge in [0.15, 0.2) is 0 Å². The SMILES string of the molecule is N#CC(=Cc1cc(Br)ccc1[N+](=O)[O-])C(CCC(=O)O)C1CCOCC1. The summed E-state index contributed by atoms with van der Waals surface area (Å²) in [7, 11) is 0. The zero-order valence-electron chi connectivity index (χ0n) is 14.1. The van der Waals surface area contributed by atoms with E-state index in [-0.39, 0.29) is 23.9 Å². The number of benzene rings is 1. The fraction of sp³-hybridized carbons (Fsp3) is 0.444. The number of carboxylic acids is 1. The lowest BCUT2D eigenvalue weighted by atomic mass is 9.78. The molecule has 1 atom stereocenters. The molecule has 8 heteroatoms. The van der Waals surface area contributed by atoms with Crippen LogP contribution in [0.25, 0.3) is 6.08 Å². The summed E-state index contributed by atoms with van der Waals surface area (Å²) in [6.45, 7) is 1.15. The van der Waals surface area contributed by atoms with E-state index in [1.54, 1.807) is 12.1 Å². The van der Waals surface area contributed by atoms with E-state index < -0.39 is 10.9 Å². The molecule has 7 nitrogen and oxygen atoms in total. The molecule has 1 aromatic carbocycles. The van der Waals surface area contributed by atoms with E-state index in [4.69, 9.17) is 9.84 Å². The van der Waals surface area contributed by atoms with Crippen molar-refractivity contribution < 1.29 is 19.6 Å². The van der Waals surface area contributed by atoms with Gasteiger partial charge in [0.05, 0.1) is 16.6 Å². The van der Waals surface area contributed by atoms with Crippen LogP contribution in [0, 0.1) is 33.3 Å². The first kappa shape index (κ1) is 20.1. The lowest BCUT2D eigenvalue weighted by Crippen LogP contribution is -2.25. The number of carbonyl (C=O) groups is 1. The lowest BCUT2D eigenvalue weighted by molar-refractivity contribution is -0.385. The van der Waals surface area contributed by atoms with Crippen LogP contribution >= 0.6 is 15.9 Å². The number of hydrogen-bond donors (Lipinski definition) is 1. The molecule has 26 heavy (non-hydrogen) atoms. The van der Waals surface area contributed by atoms with E-state index in [0.29, 0.717) is 35.2 Å². The summed E-state index contributed by atoms with van der Waals surface area (Å²) in [4.78, 5) is 21.8. The fourth-order valence-electron chi connectivity index (χ4n) is 3.24. The molecule has 0 aromatic heterocycles. The first-order valence-electron chi connectivity index (χ1n) is 8.27. The van der Waals surface area contributed by atoms with E-state index in [9.17, 15) is 20.2 Å². The molecule has 1 fully saturated rings.